The summed E-state index contributed by atoms with van der Waals surface area (Å²) < 4.78 is 5.05. The Morgan fingerprint density at radius 1 is 1.33 bits per heavy atom. The normalized spacial score (nSPS) is 13.7. The van der Waals surface area contributed by atoms with Crippen molar-refractivity contribution in [2.24, 2.45) is 0 Å². The number of carbonyl (C=O) groups is 1. The van der Waals surface area contributed by atoms with Crippen LogP contribution < -0.4 is 10.1 Å². The van der Waals surface area contributed by atoms with E-state index in [-0.39, 0.29) is 12.5 Å². The molecule has 0 aliphatic rings. The molecule has 0 aliphatic carbocycles. The van der Waals surface area contributed by atoms with Gasteiger partial charge in [0.25, 0.3) is 0 Å². The molecule has 0 saturated carbocycles. The summed E-state index contributed by atoms with van der Waals surface area (Å²) in [5.74, 6) is 0.262. The molecule has 0 radical (unpaired) electrons. The molecule has 2 unspecified atom stereocenters. The predicted molar refractivity (Wildman–Crippen MR) is 77.9 cm³/mol. The maximum absolute atomic E-state index is 10.8. The molecule has 1 heterocycles. The number of methoxy groups -OCH3 is 1. The van der Waals surface area contributed by atoms with E-state index in [0.29, 0.717) is 11.4 Å². The third-order valence-electron chi connectivity index (χ3n) is 3.16. The van der Waals surface area contributed by atoms with Crippen molar-refractivity contribution >= 4 is 16.8 Å². The van der Waals surface area contributed by atoms with Crippen LogP contribution in [-0.4, -0.2) is 40.9 Å². The van der Waals surface area contributed by atoms with E-state index >= 15 is 0 Å². The third-order valence-corrected chi connectivity index (χ3v) is 3.16. The SMILES string of the molecule is COc1ccc2cc(C(O)C(O)CNC(C)=O)ccc2n1. The fourth-order valence-corrected chi connectivity index (χ4v) is 2.01. The number of ether oxygens (including phenoxy) is 1. The maximum Gasteiger partial charge on any atom is 0.216 e. The molecule has 1 aromatic heterocycles. The topological polar surface area (TPSA) is 91.7 Å². The molecule has 3 N–H and O–H groups in total. The highest BCUT2D eigenvalue weighted by Gasteiger charge is 2.19. The molecule has 6 nitrogen and oxygen atoms in total. The van der Waals surface area contributed by atoms with Gasteiger partial charge in [-0.25, -0.2) is 4.98 Å². The second kappa shape index (κ2) is 6.51. The van der Waals surface area contributed by atoms with Gasteiger partial charge in [0.1, 0.15) is 12.2 Å². The lowest BCUT2D eigenvalue weighted by Crippen LogP contribution is -2.34. The molecule has 0 fully saturated rings. The van der Waals surface area contributed by atoms with Crippen LogP contribution in [0.15, 0.2) is 30.3 Å². The molecule has 2 atom stereocenters. The smallest absolute Gasteiger partial charge is 0.216 e. The van der Waals surface area contributed by atoms with E-state index in [0.717, 1.165) is 10.9 Å². The van der Waals surface area contributed by atoms with Crippen LogP contribution in [0.4, 0.5) is 0 Å². The van der Waals surface area contributed by atoms with Gasteiger partial charge in [0.15, 0.2) is 0 Å². The second-order valence-electron chi connectivity index (χ2n) is 4.76. The summed E-state index contributed by atoms with van der Waals surface area (Å²) in [5, 5.41) is 23.3. The number of aliphatic hydroxyl groups excluding tert-OH is 2. The van der Waals surface area contributed by atoms with Crippen LogP contribution in [0.1, 0.15) is 18.6 Å². The summed E-state index contributed by atoms with van der Waals surface area (Å²) in [6, 6.07) is 8.76. The number of nitrogens with zero attached hydrogens (tertiary/aromatic N) is 1. The van der Waals surface area contributed by atoms with Gasteiger partial charge in [0.05, 0.1) is 12.6 Å². The Morgan fingerprint density at radius 3 is 2.76 bits per heavy atom. The first-order valence-electron chi connectivity index (χ1n) is 6.56. The first kappa shape index (κ1) is 15.2. The monoisotopic (exact) mass is 290 g/mol. The molecule has 0 aliphatic heterocycles. The number of fused-ring (bicyclic) bond motifs is 1. The lowest BCUT2D eigenvalue weighted by atomic mass is 10.0. The lowest BCUT2D eigenvalue weighted by Gasteiger charge is -2.18. The maximum atomic E-state index is 10.8. The summed E-state index contributed by atoms with van der Waals surface area (Å²) in [6.07, 6.45) is -2.15. The molecule has 1 aromatic carbocycles. The number of aromatic nitrogens is 1. The van der Waals surface area contributed by atoms with Crippen LogP contribution in [0, 0.1) is 0 Å². The first-order chi connectivity index (χ1) is 10.0. The van der Waals surface area contributed by atoms with Crippen LogP contribution in [0.25, 0.3) is 10.9 Å². The number of benzene rings is 1. The predicted octanol–water partition coefficient (Wildman–Crippen LogP) is 0.774. The first-order valence-corrected chi connectivity index (χ1v) is 6.56. The Labute approximate surface area is 122 Å². The Balaban J connectivity index is 2.19. The van der Waals surface area contributed by atoms with E-state index in [2.05, 4.69) is 10.3 Å². The summed E-state index contributed by atoms with van der Waals surface area (Å²) in [6.45, 7) is 1.35. The van der Waals surface area contributed by atoms with Crippen LogP contribution >= 0.6 is 0 Å². The number of hydrogen-bond acceptors (Lipinski definition) is 5. The number of amides is 1. The summed E-state index contributed by atoms with van der Waals surface area (Å²) >= 11 is 0. The van der Waals surface area contributed by atoms with Crippen molar-refractivity contribution in [1.29, 1.82) is 0 Å². The molecule has 2 aromatic rings. The average Bonchev–Trinajstić information content (AvgIpc) is 2.50. The molecule has 1 amide bonds. The fourth-order valence-electron chi connectivity index (χ4n) is 2.01. The fraction of sp³-hybridized carbons (Fsp3) is 0.333. The van der Waals surface area contributed by atoms with Gasteiger partial charge in [0, 0.05) is 24.9 Å². The zero-order valence-corrected chi connectivity index (χ0v) is 11.9. The Morgan fingerprint density at radius 2 is 2.10 bits per heavy atom. The van der Waals surface area contributed by atoms with Gasteiger partial charge in [0.2, 0.25) is 11.8 Å². The van der Waals surface area contributed by atoms with E-state index in [4.69, 9.17) is 4.74 Å². The van der Waals surface area contributed by atoms with Crippen LogP contribution in [0.5, 0.6) is 5.88 Å². The van der Waals surface area contributed by atoms with Gasteiger partial charge in [-0.15, -0.1) is 0 Å². The number of aliphatic hydroxyl groups is 2. The van der Waals surface area contributed by atoms with E-state index in [1.807, 2.05) is 6.07 Å². The zero-order valence-electron chi connectivity index (χ0n) is 11.9. The summed E-state index contributed by atoms with van der Waals surface area (Å²) in [4.78, 5) is 15.1. The molecule has 0 bridgehead atoms. The van der Waals surface area contributed by atoms with Gasteiger partial charge in [-0.05, 0) is 23.8 Å². The van der Waals surface area contributed by atoms with Crippen LogP contribution in [-0.2, 0) is 4.79 Å². The van der Waals surface area contributed by atoms with Crippen molar-refractivity contribution in [1.82, 2.24) is 10.3 Å². The highest BCUT2D eigenvalue weighted by atomic mass is 16.5. The number of pyridine rings is 1. The minimum Gasteiger partial charge on any atom is -0.481 e. The lowest BCUT2D eigenvalue weighted by molar-refractivity contribution is -0.119. The van der Waals surface area contributed by atoms with Crippen molar-refractivity contribution < 1.29 is 19.7 Å². The van der Waals surface area contributed by atoms with E-state index in [1.165, 1.54) is 6.92 Å². The molecular weight excluding hydrogens is 272 g/mol. The number of carbonyl (C=O) groups excluding carboxylic acids is 1. The Bertz CT molecular complexity index is 645. The molecule has 112 valence electrons. The number of rotatable bonds is 5. The third kappa shape index (κ3) is 3.68. The quantitative estimate of drug-likeness (QED) is 0.756. The van der Waals surface area contributed by atoms with Crippen molar-refractivity contribution in [3.8, 4) is 5.88 Å². The minimum atomic E-state index is -1.08. The van der Waals surface area contributed by atoms with Crippen molar-refractivity contribution in [3.05, 3.63) is 35.9 Å². The molecular formula is C15H18N2O4. The molecule has 6 heteroatoms. The molecule has 2 rings (SSSR count). The number of nitrogens with one attached hydrogen (secondary N) is 1. The van der Waals surface area contributed by atoms with Gasteiger partial charge >= 0.3 is 0 Å². The van der Waals surface area contributed by atoms with E-state index in [1.54, 1.807) is 31.4 Å². The Hall–Kier alpha value is -2.18. The number of hydrogen-bond donors (Lipinski definition) is 3. The van der Waals surface area contributed by atoms with Gasteiger partial charge in [-0.2, -0.15) is 0 Å². The van der Waals surface area contributed by atoms with Crippen molar-refractivity contribution in [3.63, 3.8) is 0 Å². The van der Waals surface area contributed by atoms with E-state index < -0.39 is 12.2 Å². The average molecular weight is 290 g/mol. The van der Waals surface area contributed by atoms with Crippen molar-refractivity contribution in [2.45, 2.75) is 19.1 Å². The molecule has 0 spiro atoms. The zero-order chi connectivity index (χ0) is 15.4. The largest absolute Gasteiger partial charge is 0.481 e. The Kier molecular flexibility index (Phi) is 4.72. The highest BCUT2D eigenvalue weighted by Crippen LogP contribution is 2.23. The standard InChI is InChI=1S/C15H18N2O4/c1-9(18)16-8-13(19)15(20)11-3-5-12-10(7-11)4-6-14(17-12)21-2/h3-7,13,15,19-20H,8H2,1-2H3,(H,16,18). The van der Waals surface area contributed by atoms with Crippen molar-refractivity contribution in [2.75, 3.05) is 13.7 Å². The summed E-state index contributed by atoms with van der Waals surface area (Å²) in [5.41, 5.74) is 1.30. The minimum absolute atomic E-state index is 0.00456. The van der Waals surface area contributed by atoms with Crippen LogP contribution in [0.2, 0.25) is 0 Å². The molecule has 0 saturated heterocycles. The molecule has 21 heavy (non-hydrogen) atoms. The van der Waals surface area contributed by atoms with Gasteiger partial charge in [-0.3, -0.25) is 4.79 Å². The second-order valence-corrected chi connectivity index (χ2v) is 4.76. The summed E-state index contributed by atoms with van der Waals surface area (Å²) in [7, 11) is 1.55. The van der Waals surface area contributed by atoms with Gasteiger partial charge < -0.3 is 20.3 Å². The van der Waals surface area contributed by atoms with E-state index in [9.17, 15) is 15.0 Å². The van der Waals surface area contributed by atoms with Gasteiger partial charge in [-0.1, -0.05) is 6.07 Å². The van der Waals surface area contributed by atoms with Crippen LogP contribution in [0.3, 0.4) is 0 Å². The highest BCUT2D eigenvalue weighted by molar-refractivity contribution is 5.80.